The average molecular weight is 427 g/mol. The lowest BCUT2D eigenvalue weighted by molar-refractivity contribution is 0.193. The SMILES string of the molecule is CCOc1c([C@H](C)n2nc(C)c3c(N)ncnc32)cc(Cl)c(C#N)c1C1CCOC1. The van der Waals surface area contributed by atoms with E-state index in [2.05, 4.69) is 21.1 Å². The number of rotatable bonds is 5. The molecule has 9 heteroatoms. The van der Waals surface area contributed by atoms with Crippen LogP contribution in [0.15, 0.2) is 12.4 Å². The van der Waals surface area contributed by atoms with Crippen molar-refractivity contribution < 1.29 is 9.47 Å². The summed E-state index contributed by atoms with van der Waals surface area (Å²) in [6.07, 6.45) is 2.25. The van der Waals surface area contributed by atoms with Gasteiger partial charge in [0.2, 0.25) is 0 Å². The van der Waals surface area contributed by atoms with Crippen molar-refractivity contribution in [1.29, 1.82) is 5.26 Å². The van der Waals surface area contributed by atoms with Gasteiger partial charge < -0.3 is 15.2 Å². The molecule has 1 unspecified atom stereocenters. The van der Waals surface area contributed by atoms with Crippen LogP contribution in [0.5, 0.6) is 5.75 Å². The standard InChI is InChI=1S/C21H23ClN6O2/c1-4-30-19-14(7-16(22)15(8-23)18(19)13-5-6-29-9-13)12(3)28-21-17(11(2)27-28)20(24)25-10-26-21/h7,10,12-13H,4-6,9H2,1-3H3,(H2,24,25,26)/t12-,13?/m0/s1. The first-order valence-corrected chi connectivity index (χ1v) is 10.3. The summed E-state index contributed by atoms with van der Waals surface area (Å²) in [5, 5.41) is 15.6. The summed E-state index contributed by atoms with van der Waals surface area (Å²) in [7, 11) is 0. The lowest BCUT2D eigenvalue weighted by Crippen LogP contribution is -2.15. The highest BCUT2D eigenvalue weighted by Crippen LogP contribution is 2.44. The molecule has 1 aliphatic heterocycles. The molecule has 30 heavy (non-hydrogen) atoms. The van der Waals surface area contributed by atoms with Crippen LogP contribution in [0, 0.1) is 18.3 Å². The number of ether oxygens (including phenoxy) is 2. The van der Waals surface area contributed by atoms with Gasteiger partial charge in [0, 0.05) is 23.7 Å². The van der Waals surface area contributed by atoms with E-state index in [0.29, 0.717) is 47.6 Å². The van der Waals surface area contributed by atoms with Crippen LogP contribution in [-0.4, -0.2) is 39.6 Å². The Balaban J connectivity index is 1.95. The van der Waals surface area contributed by atoms with Crippen LogP contribution in [-0.2, 0) is 4.74 Å². The van der Waals surface area contributed by atoms with Crippen molar-refractivity contribution >= 4 is 28.5 Å². The fourth-order valence-corrected chi connectivity index (χ4v) is 4.39. The molecular formula is C21H23ClN6O2. The second-order valence-corrected chi connectivity index (χ2v) is 7.74. The van der Waals surface area contributed by atoms with Crippen molar-refractivity contribution in [2.24, 2.45) is 0 Å². The molecule has 3 heterocycles. The van der Waals surface area contributed by atoms with E-state index in [9.17, 15) is 5.26 Å². The number of aryl methyl sites for hydroxylation is 1. The summed E-state index contributed by atoms with van der Waals surface area (Å²) in [6.45, 7) is 7.45. The number of hydrogen-bond acceptors (Lipinski definition) is 7. The molecule has 0 bridgehead atoms. The number of nitriles is 1. The van der Waals surface area contributed by atoms with Crippen LogP contribution < -0.4 is 10.5 Å². The third kappa shape index (κ3) is 3.24. The zero-order valence-electron chi connectivity index (χ0n) is 17.1. The van der Waals surface area contributed by atoms with E-state index in [0.717, 1.165) is 28.6 Å². The van der Waals surface area contributed by atoms with Crippen molar-refractivity contribution in [1.82, 2.24) is 19.7 Å². The van der Waals surface area contributed by atoms with Gasteiger partial charge in [0.25, 0.3) is 0 Å². The Morgan fingerprint density at radius 2 is 2.27 bits per heavy atom. The van der Waals surface area contributed by atoms with E-state index in [4.69, 9.17) is 26.8 Å². The van der Waals surface area contributed by atoms with E-state index in [1.165, 1.54) is 6.33 Å². The minimum absolute atomic E-state index is 0.0555. The van der Waals surface area contributed by atoms with Gasteiger partial charge in [-0.2, -0.15) is 10.4 Å². The van der Waals surface area contributed by atoms with E-state index >= 15 is 0 Å². The van der Waals surface area contributed by atoms with Crippen LogP contribution in [0.4, 0.5) is 5.82 Å². The maximum absolute atomic E-state index is 9.79. The van der Waals surface area contributed by atoms with Gasteiger partial charge in [0.15, 0.2) is 5.65 Å². The van der Waals surface area contributed by atoms with Gasteiger partial charge in [-0.05, 0) is 33.3 Å². The average Bonchev–Trinajstić information content (AvgIpc) is 3.37. The Morgan fingerprint density at radius 1 is 1.47 bits per heavy atom. The van der Waals surface area contributed by atoms with Crippen LogP contribution in [0.2, 0.25) is 5.02 Å². The second-order valence-electron chi connectivity index (χ2n) is 7.33. The molecule has 0 aliphatic carbocycles. The predicted octanol–water partition coefficient (Wildman–Crippen LogP) is 3.75. The first-order chi connectivity index (χ1) is 14.5. The Morgan fingerprint density at radius 3 is 2.93 bits per heavy atom. The molecule has 1 aliphatic rings. The van der Waals surface area contributed by atoms with E-state index in [1.807, 2.05) is 20.8 Å². The highest BCUT2D eigenvalue weighted by atomic mass is 35.5. The maximum atomic E-state index is 9.79. The molecule has 156 valence electrons. The first-order valence-electron chi connectivity index (χ1n) is 9.90. The zero-order chi connectivity index (χ0) is 21.4. The number of nitrogens with zero attached hydrogens (tertiary/aromatic N) is 5. The summed E-state index contributed by atoms with van der Waals surface area (Å²) in [5.41, 5.74) is 9.54. The zero-order valence-corrected chi connectivity index (χ0v) is 17.9. The number of fused-ring (bicyclic) bond motifs is 1. The highest BCUT2D eigenvalue weighted by molar-refractivity contribution is 6.32. The minimum Gasteiger partial charge on any atom is -0.493 e. The number of aromatic nitrogens is 4. The molecule has 0 saturated carbocycles. The van der Waals surface area contributed by atoms with E-state index < -0.39 is 0 Å². The summed E-state index contributed by atoms with van der Waals surface area (Å²) < 4.78 is 13.5. The maximum Gasteiger partial charge on any atom is 0.164 e. The Labute approximate surface area is 179 Å². The van der Waals surface area contributed by atoms with Crippen molar-refractivity contribution in [3.8, 4) is 11.8 Å². The Hall–Kier alpha value is -2.89. The van der Waals surface area contributed by atoms with E-state index in [-0.39, 0.29) is 12.0 Å². The number of hydrogen-bond donors (Lipinski definition) is 1. The molecule has 1 aromatic carbocycles. The molecule has 2 N–H and O–H groups in total. The van der Waals surface area contributed by atoms with Gasteiger partial charge in [-0.15, -0.1) is 0 Å². The van der Waals surface area contributed by atoms with Crippen molar-refractivity contribution in [3.63, 3.8) is 0 Å². The number of nitrogen functional groups attached to an aromatic ring is 1. The molecule has 0 radical (unpaired) electrons. The minimum atomic E-state index is -0.261. The van der Waals surface area contributed by atoms with Gasteiger partial charge in [0.05, 0.1) is 40.9 Å². The molecule has 1 saturated heterocycles. The molecule has 2 aromatic heterocycles. The normalized spacial score (nSPS) is 17.2. The van der Waals surface area contributed by atoms with Gasteiger partial charge in [0.1, 0.15) is 24.0 Å². The Bertz CT molecular complexity index is 1150. The highest BCUT2D eigenvalue weighted by Gasteiger charge is 2.31. The lowest BCUT2D eigenvalue weighted by atomic mass is 9.89. The number of anilines is 1. The third-order valence-electron chi connectivity index (χ3n) is 5.55. The molecule has 4 rings (SSSR count). The van der Waals surface area contributed by atoms with Crippen LogP contribution in [0.3, 0.4) is 0 Å². The fourth-order valence-electron chi connectivity index (χ4n) is 4.12. The topological polar surface area (TPSA) is 112 Å². The molecule has 0 amide bonds. The van der Waals surface area contributed by atoms with E-state index in [1.54, 1.807) is 10.7 Å². The molecule has 0 spiro atoms. The van der Waals surface area contributed by atoms with Crippen molar-refractivity contribution in [2.45, 2.75) is 39.2 Å². The van der Waals surface area contributed by atoms with Crippen molar-refractivity contribution in [2.75, 3.05) is 25.6 Å². The molecule has 3 aromatic rings. The smallest absolute Gasteiger partial charge is 0.164 e. The number of halogens is 1. The van der Waals surface area contributed by atoms with Gasteiger partial charge in [-0.1, -0.05) is 11.6 Å². The predicted molar refractivity (Wildman–Crippen MR) is 114 cm³/mol. The number of benzene rings is 1. The third-order valence-corrected chi connectivity index (χ3v) is 5.84. The monoisotopic (exact) mass is 426 g/mol. The van der Waals surface area contributed by atoms with Gasteiger partial charge >= 0.3 is 0 Å². The lowest BCUT2D eigenvalue weighted by Gasteiger charge is -2.24. The van der Waals surface area contributed by atoms with Crippen LogP contribution in [0.25, 0.3) is 11.0 Å². The summed E-state index contributed by atoms with van der Waals surface area (Å²) >= 11 is 6.57. The molecule has 1 fully saturated rings. The second kappa shape index (κ2) is 8.09. The summed E-state index contributed by atoms with van der Waals surface area (Å²) in [5.74, 6) is 1.12. The molecular weight excluding hydrogens is 404 g/mol. The molecule has 2 atom stereocenters. The Kier molecular flexibility index (Phi) is 5.50. The fraction of sp³-hybridized carbons (Fsp3) is 0.429. The largest absolute Gasteiger partial charge is 0.493 e. The first kappa shape index (κ1) is 20.4. The van der Waals surface area contributed by atoms with Crippen molar-refractivity contribution in [3.05, 3.63) is 39.8 Å². The molecule has 8 nitrogen and oxygen atoms in total. The van der Waals surface area contributed by atoms with Gasteiger partial charge in [-0.25, -0.2) is 14.6 Å². The van der Waals surface area contributed by atoms with Crippen LogP contribution >= 0.6 is 11.6 Å². The quantitative estimate of drug-likeness (QED) is 0.660. The summed E-state index contributed by atoms with van der Waals surface area (Å²) in [6, 6.07) is 3.79. The van der Waals surface area contributed by atoms with Gasteiger partial charge in [-0.3, -0.25) is 0 Å². The number of nitrogens with two attached hydrogens (primary N) is 1. The van der Waals surface area contributed by atoms with Crippen LogP contribution in [0.1, 0.15) is 54.6 Å². The summed E-state index contributed by atoms with van der Waals surface area (Å²) in [4.78, 5) is 8.49.